The molecule has 1 amide bonds. The molecule has 0 spiro atoms. The van der Waals surface area contributed by atoms with E-state index < -0.39 is 0 Å². The maximum Gasteiger partial charge on any atom is 0.329 e. The van der Waals surface area contributed by atoms with Crippen LogP contribution in [0.15, 0.2) is 51.1 Å². The highest BCUT2D eigenvalue weighted by molar-refractivity contribution is 7.13. The molecule has 0 aliphatic heterocycles. The Labute approximate surface area is 183 Å². The number of hydrogen-bond donors (Lipinski definition) is 1. The number of thiophene rings is 1. The molecular weight excluding hydrogens is 414 g/mol. The minimum atomic E-state index is -0.154. The number of amides is 1. The van der Waals surface area contributed by atoms with Gasteiger partial charge in [0, 0.05) is 19.5 Å². The summed E-state index contributed by atoms with van der Waals surface area (Å²) in [5.74, 6) is 1.12. The molecule has 0 saturated carbocycles. The number of hydrogen-bond acceptors (Lipinski definition) is 6. The second-order valence-electron chi connectivity index (χ2n) is 7.25. The number of para-hydroxylation sites is 2. The van der Waals surface area contributed by atoms with E-state index in [-0.39, 0.29) is 18.1 Å². The van der Waals surface area contributed by atoms with Crippen LogP contribution >= 0.6 is 11.3 Å². The first-order chi connectivity index (χ1) is 15.2. The number of fused-ring (bicyclic) bond motifs is 1. The Morgan fingerprint density at radius 2 is 1.90 bits per heavy atom. The first kappa shape index (κ1) is 21.0. The van der Waals surface area contributed by atoms with Crippen molar-refractivity contribution in [2.24, 2.45) is 0 Å². The predicted octanol–water partition coefficient (Wildman–Crippen LogP) is 3.46. The molecule has 31 heavy (non-hydrogen) atoms. The molecule has 0 atom stereocenters. The molecule has 3 aromatic heterocycles. The highest BCUT2D eigenvalue weighted by atomic mass is 32.1. The number of benzene rings is 1. The van der Waals surface area contributed by atoms with Crippen molar-refractivity contribution in [1.29, 1.82) is 0 Å². The number of rotatable bonds is 10. The van der Waals surface area contributed by atoms with Crippen LogP contribution in [0.2, 0.25) is 0 Å². The summed E-state index contributed by atoms with van der Waals surface area (Å²) in [6.45, 7) is 3.10. The van der Waals surface area contributed by atoms with E-state index >= 15 is 0 Å². The Kier molecular flexibility index (Phi) is 6.61. The van der Waals surface area contributed by atoms with E-state index in [1.54, 1.807) is 15.9 Å². The molecule has 9 heteroatoms. The topological polar surface area (TPSA) is 95.0 Å². The van der Waals surface area contributed by atoms with E-state index in [0.717, 1.165) is 41.6 Å². The van der Waals surface area contributed by atoms with Crippen LogP contribution in [-0.4, -0.2) is 31.7 Å². The number of imidazole rings is 1. The van der Waals surface area contributed by atoms with Crippen LogP contribution in [0.5, 0.6) is 0 Å². The van der Waals surface area contributed by atoms with Crippen LogP contribution in [-0.2, 0) is 24.3 Å². The number of nitrogens with zero attached hydrogens (tertiary/aromatic N) is 4. The van der Waals surface area contributed by atoms with Crippen molar-refractivity contribution >= 4 is 28.3 Å². The Hall–Kier alpha value is -3.20. The molecule has 162 valence electrons. The van der Waals surface area contributed by atoms with Crippen LogP contribution in [0.25, 0.3) is 21.7 Å². The van der Waals surface area contributed by atoms with Crippen molar-refractivity contribution in [3.63, 3.8) is 0 Å². The Morgan fingerprint density at radius 1 is 1.10 bits per heavy atom. The SMILES string of the molecule is CCn1c(=O)n(CC(=O)NCCCCCc2nc(-c3cccs3)no2)c2ccccc21. The average molecular weight is 440 g/mol. The van der Waals surface area contributed by atoms with Gasteiger partial charge in [-0.05, 0) is 43.3 Å². The molecule has 0 aliphatic carbocycles. The summed E-state index contributed by atoms with van der Waals surface area (Å²) in [5.41, 5.74) is 1.48. The zero-order chi connectivity index (χ0) is 21.6. The molecular formula is C22H25N5O3S. The maximum atomic E-state index is 12.6. The Bertz CT molecular complexity index is 1210. The van der Waals surface area contributed by atoms with Gasteiger partial charge in [0.2, 0.25) is 17.6 Å². The molecule has 1 aromatic carbocycles. The summed E-state index contributed by atoms with van der Waals surface area (Å²) < 4.78 is 8.52. The summed E-state index contributed by atoms with van der Waals surface area (Å²) in [7, 11) is 0. The molecule has 0 radical (unpaired) electrons. The molecule has 4 rings (SSSR count). The van der Waals surface area contributed by atoms with Crippen molar-refractivity contribution in [3.05, 3.63) is 58.2 Å². The second kappa shape index (κ2) is 9.74. The predicted molar refractivity (Wildman–Crippen MR) is 120 cm³/mol. The number of nitrogens with one attached hydrogen (secondary N) is 1. The van der Waals surface area contributed by atoms with Gasteiger partial charge in [-0.25, -0.2) is 4.79 Å². The molecule has 8 nitrogen and oxygen atoms in total. The molecule has 3 heterocycles. The van der Waals surface area contributed by atoms with Gasteiger partial charge in [-0.15, -0.1) is 11.3 Å². The third kappa shape index (κ3) is 4.77. The van der Waals surface area contributed by atoms with Crippen molar-refractivity contribution in [2.75, 3.05) is 6.54 Å². The molecule has 0 aliphatic rings. The minimum Gasteiger partial charge on any atom is -0.355 e. The number of carbonyl (C=O) groups is 1. The fourth-order valence-corrected chi connectivity index (χ4v) is 4.25. The fourth-order valence-electron chi connectivity index (χ4n) is 3.60. The quantitative estimate of drug-likeness (QED) is 0.382. The maximum absolute atomic E-state index is 12.6. The normalized spacial score (nSPS) is 11.3. The second-order valence-corrected chi connectivity index (χ2v) is 8.20. The van der Waals surface area contributed by atoms with Crippen molar-refractivity contribution < 1.29 is 9.32 Å². The number of carbonyl (C=O) groups excluding carboxylic acids is 1. The van der Waals surface area contributed by atoms with Gasteiger partial charge in [-0.1, -0.05) is 29.8 Å². The van der Waals surface area contributed by atoms with E-state index in [2.05, 4.69) is 15.5 Å². The zero-order valence-corrected chi connectivity index (χ0v) is 18.2. The summed E-state index contributed by atoms with van der Waals surface area (Å²) in [6.07, 6.45) is 3.42. The van der Waals surface area contributed by atoms with Crippen LogP contribution in [0, 0.1) is 0 Å². The first-order valence-corrected chi connectivity index (χ1v) is 11.4. The van der Waals surface area contributed by atoms with Gasteiger partial charge >= 0.3 is 5.69 Å². The van der Waals surface area contributed by atoms with Crippen molar-refractivity contribution in [3.8, 4) is 10.7 Å². The smallest absolute Gasteiger partial charge is 0.329 e. The van der Waals surface area contributed by atoms with E-state index in [9.17, 15) is 9.59 Å². The lowest BCUT2D eigenvalue weighted by atomic mass is 10.2. The number of unbranched alkanes of at least 4 members (excludes halogenated alkanes) is 2. The van der Waals surface area contributed by atoms with Gasteiger partial charge in [0.15, 0.2) is 0 Å². The Morgan fingerprint density at radius 3 is 2.65 bits per heavy atom. The number of aryl methyl sites for hydroxylation is 2. The van der Waals surface area contributed by atoms with E-state index in [0.29, 0.717) is 24.8 Å². The molecule has 1 N–H and O–H groups in total. The van der Waals surface area contributed by atoms with E-state index in [1.807, 2.05) is 48.7 Å². The average Bonchev–Trinajstić information content (AvgIpc) is 3.51. The summed E-state index contributed by atoms with van der Waals surface area (Å²) >= 11 is 1.58. The van der Waals surface area contributed by atoms with Crippen molar-refractivity contribution in [1.82, 2.24) is 24.6 Å². The molecule has 0 unspecified atom stereocenters. The monoisotopic (exact) mass is 439 g/mol. The highest BCUT2D eigenvalue weighted by Crippen LogP contribution is 2.21. The Balaban J connectivity index is 1.21. The van der Waals surface area contributed by atoms with Gasteiger partial charge in [-0.3, -0.25) is 13.9 Å². The number of aromatic nitrogens is 4. The highest BCUT2D eigenvalue weighted by Gasteiger charge is 2.14. The largest absolute Gasteiger partial charge is 0.355 e. The van der Waals surface area contributed by atoms with Gasteiger partial charge in [0.05, 0.1) is 15.9 Å². The summed E-state index contributed by atoms with van der Waals surface area (Å²) in [4.78, 5) is 30.4. The van der Waals surface area contributed by atoms with Gasteiger partial charge in [-0.2, -0.15) is 4.98 Å². The van der Waals surface area contributed by atoms with Gasteiger partial charge < -0.3 is 9.84 Å². The van der Waals surface area contributed by atoms with Crippen LogP contribution in [0.1, 0.15) is 32.1 Å². The fraction of sp³-hybridized carbons (Fsp3) is 0.364. The lowest BCUT2D eigenvalue weighted by Gasteiger charge is -2.06. The molecule has 0 bridgehead atoms. The lowest BCUT2D eigenvalue weighted by molar-refractivity contribution is -0.121. The first-order valence-electron chi connectivity index (χ1n) is 10.5. The zero-order valence-electron chi connectivity index (χ0n) is 17.4. The molecule has 0 fully saturated rings. The molecule has 0 saturated heterocycles. The standard InChI is InChI=1S/C22H25N5O3S/c1-2-26-16-9-5-6-10-17(16)27(22(26)29)15-19(28)23-13-7-3-4-12-20-24-21(25-30-20)18-11-8-14-31-18/h5-6,8-11,14H,2-4,7,12-13,15H2,1H3,(H,23,28). The minimum absolute atomic E-state index is 0.0276. The van der Waals surface area contributed by atoms with E-state index in [1.165, 1.54) is 4.57 Å². The van der Waals surface area contributed by atoms with Gasteiger partial charge in [0.25, 0.3) is 0 Å². The van der Waals surface area contributed by atoms with E-state index in [4.69, 9.17) is 4.52 Å². The summed E-state index contributed by atoms with van der Waals surface area (Å²) in [6, 6.07) is 11.5. The van der Waals surface area contributed by atoms with Crippen LogP contribution < -0.4 is 11.0 Å². The lowest BCUT2D eigenvalue weighted by Crippen LogP contribution is -2.33. The molecule has 4 aromatic rings. The van der Waals surface area contributed by atoms with Gasteiger partial charge in [0.1, 0.15) is 6.54 Å². The van der Waals surface area contributed by atoms with Crippen molar-refractivity contribution in [2.45, 2.75) is 45.7 Å². The third-order valence-electron chi connectivity index (χ3n) is 5.14. The van der Waals surface area contributed by atoms with Crippen LogP contribution in [0.3, 0.4) is 0 Å². The third-order valence-corrected chi connectivity index (χ3v) is 6.01. The summed E-state index contributed by atoms with van der Waals surface area (Å²) in [5, 5.41) is 8.91. The van der Waals surface area contributed by atoms with Crippen LogP contribution in [0.4, 0.5) is 0 Å².